The van der Waals surface area contributed by atoms with Gasteiger partial charge in [0.05, 0.1) is 12.1 Å². The summed E-state index contributed by atoms with van der Waals surface area (Å²) in [6, 6.07) is 7.34. The van der Waals surface area contributed by atoms with Gasteiger partial charge in [0.1, 0.15) is 0 Å². The topological polar surface area (TPSA) is 46.3 Å². The molecule has 1 unspecified atom stereocenters. The second-order valence-electron chi connectivity index (χ2n) is 4.50. The second kappa shape index (κ2) is 6.41. The van der Waals surface area contributed by atoms with E-state index in [9.17, 15) is 4.79 Å². The maximum absolute atomic E-state index is 12.0. The third-order valence-corrected chi connectivity index (χ3v) is 3.53. The average Bonchev–Trinajstić information content (AvgIpc) is 2.77. The van der Waals surface area contributed by atoms with E-state index in [1.807, 2.05) is 29.2 Å². The molecule has 2 N–H and O–H groups in total. The molecule has 1 amide bonds. The monoisotopic (exact) mass is 288 g/mol. The fraction of sp³-hybridized carbons (Fsp3) is 0.462. The molecule has 1 fully saturated rings. The number of halogens is 2. The number of nitrogens with two attached hydrogens (primary N) is 1. The molecule has 1 aliphatic rings. The van der Waals surface area contributed by atoms with Crippen LogP contribution >= 0.6 is 24.0 Å². The van der Waals surface area contributed by atoms with Crippen molar-refractivity contribution in [2.45, 2.75) is 31.8 Å². The quantitative estimate of drug-likeness (QED) is 0.910. The SMILES string of the molecule is C[C@H](N)C(=O)N1CCCC1c1ccccc1Cl.Cl. The number of amides is 1. The van der Waals surface area contributed by atoms with Gasteiger partial charge in [-0.05, 0) is 31.4 Å². The van der Waals surface area contributed by atoms with E-state index < -0.39 is 6.04 Å². The maximum atomic E-state index is 12.0. The molecule has 3 nitrogen and oxygen atoms in total. The largest absolute Gasteiger partial charge is 0.334 e. The van der Waals surface area contributed by atoms with Crippen LogP contribution in [-0.4, -0.2) is 23.4 Å². The van der Waals surface area contributed by atoms with Gasteiger partial charge < -0.3 is 10.6 Å². The Hall–Kier alpha value is -0.770. The maximum Gasteiger partial charge on any atom is 0.239 e. The van der Waals surface area contributed by atoms with E-state index in [0.717, 1.165) is 30.0 Å². The molecule has 2 atom stereocenters. The molecule has 5 heteroatoms. The zero-order chi connectivity index (χ0) is 12.4. The molecule has 18 heavy (non-hydrogen) atoms. The highest BCUT2D eigenvalue weighted by Crippen LogP contribution is 2.35. The number of rotatable bonds is 2. The summed E-state index contributed by atoms with van der Waals surface area (Å²) in [4.78, 5) is 13.9. The van der Waals surface area contributed by atoms with Crippen molar-refractivity contribution in [1.29, 1.82) is 0 Å². The van der Waals surface area contributed by atoms with Crippen LogP contribution in [0.15, 0.2) is 24.3 Å². The molecule has 0 radical (unpaired) electrons. The molecule has 100 valence electrons. The summed E-state index contributed by atoms with van der Waals surface area (Å²) in [6.07, 6.45) is 1.97. The molecule has 2 rings (SSSR count). The van der Waals surface area contributed by atoms with E-state index in [-0.39, 0.29) is 24.4 Å². The molecule has 0 aliphatic carbocycles. The number of hydrogen-bond donors (Lipinski definition) is 1. The van der Waals surface area contributed by atoms with Crippen molar-refractivity contribution in [2.75, 3.05) is 6.54 Å². The third-order valence-electron chi connectivity index (χ3n) is 3.19. The fourth-order valence-electron chi connectivity index (χ4n) is 2.36. The van der Waals surface area contributed by atoms with Gasteiger partial charge in [0, 0.05) is 11.6 Å². The van der Waals surface area contributed by atoms with Gasteiger partial charge in [-0.3, -0.25) is 4.79 Å². The second-order valence-corrected chi connectivity index (χ2v) is 4.91. The van der Waals surface area contributed by atoms with E-state index in [1.165, 1.54) is 0 Å². The first-order valence-corrected chi connectivity index (χ1v) is 6.29. The minimum atomic E-state index is -0.446. The van der Waals surface area contributed by atoms with Crippen molar-refractivity contribution >= 4 is 29.9 Å². The zero-order valence-corrected chi connectivity index (χ0v) is 11.9. The molecular weight excluding hydrogens is 271 g/mol. The Labute approximate surface area is 119 Å². The highest BCUT2D eigenvalue weighted by atomic mass is 35.5. The Morgan fingerprint density at radius 3 is 2.78 bits per heavy atom. The lowest BCUT2D eigenvalue weighted by Crippen LogP contribution is -2.41. The van der Waals surface area contributed by atoms with Crippen molar-refractivity contribution in [3.8, 4) is 0 Å². The molecule has 1 aromatic rings. The highest BCUT2D eigenvalue weighted by molar-refractivity contribution is 6.31. The minimum absolute atomic E-state index is 0. The number of nitrogens with zero attached hydrogens (tertiary/aromatic N) is 1. The van der Waals surface area contributed by atoms with Crippen molar-refractivity contribution in [3.05, 3.63) is 34.9 Å². The smallest absolute Gasteiger partial charge is 0.239 e. The van der Waals surface area contributed by atoms with Gasteiger partial charge in [-0.15, -0.1) is 12.4 Å². The van der Waals surface area contributed by atoms with Crippen LogP contribution in [-0.2, 0) is 4.79 Å². The van der Waals surface area contributed by atoms with E-state index in [4.69, 9.17) is 17.3 Å². The van der Waals surface area contributed by atoms with Crippen molar-refractivity contribution in [1.82, 2.24) is 4.90 Å². The lowest BCUT2D eigenvalue weighted by molar-refractivity contribution is -0.133. The molecular formula is C13H18Cl2N2O. The van der Waals surface area contributed by atoms with E-state index in [1.54, 1.807) is 6.92 Å². The van der Waals surface area contributed by atoms with Crippen LogP contribution in [0.1, 0.15) is 31.4 Å². The normalized spacial score (nSPS) is 20.4. The van der Waals surface area contributed by atoms with Crippen molar-refractivity contribution in [3.63, 3.8) is 0 Å². The Morgan fingerprint density at radius 2 is 2.17 bits per heavy atom. The zero-order valence-electron chi connectivity index (χ0n) is 10.3. The van der Waals surface area contributed by atoms with Crippen LogP contribution < -0.4 is 5.73 Å². The summed E-state index contributed by atoms with van der Waals surface area (Å²) in [6.45, 7) is 2.50. The Kier molecular flexibility index (Phi) is 5.45. The lowest BCUT2D eigenvalue weighted by atomic mass is 10.0. The Balaban J connectivity index is 0.00000162. The molecule has 0 saturated carbocycles. The fourth-order valence-corrected chi connectivity index (χ4v) is 2.62. The first-order chi connectivity index (χ1) is 8.11. The molecule has 0 aromatic heterocycles. The van der Waals surface area contributed by atoms with Crippen molar-refractivity contribution in [2.24, 2.45) is 5.73 Å². The predicted octanol–water partition coefficient (Wildman–Crippen LogP) is 2.77. The van der Waals surface area contributed by atoms with Crippen LogP contribution in [0, 0.1) is 0 Å². The molecule has 0 spiro atoms. The summed E-state index contributed by atoms with van der Waals surface area (Å²) in [5, 5.41) is 0.724. The third kappa shape index (κ3) is 2.97. The molecule has 1 heterocycles. The van der Waals surface area contributed by atoms with Crippen LogP contribution in [0.25, 0.3) is 0 Å². The van der Waals surface area contributed by atoms with E-state index >= 15 is 0 Å². The molecule has 1 aliphatic heterocycles. The van der Waals surface area contributed by atoms with Crippen molar-refractivity contribution < 1.29 is 4.79 Å². The predicted molar refractivity (Wildman–Crippen MR) is 76.0 cm³/mol. The molecule has 1 saturated heterocycles. The van der Waals surface area contributed by atoms with Gasteiger partial charge in [0.2, 0.25) is 5.91 Å². The number of hydrogen-bond acceptors (Lipinski definition) is 2. The van der Waals surface area contributed by atoms with Gasteiger partial charge in [0.15, 0.2) is 0 Å². The Morgan fingerprint density at radius 1 is 1.50 bits per heavy atom. The van der Waals surface area contributed by atoms with Gasteiger partial charge in [-0.2, -0.15) is 0 Å². The number of carbonyl (C=O) groups is 1. The summed E-state index contributed by atoms with van der Waals surface area (Å²) in [5.41, 5.74) is 6.70. The average molecular weight is 289 g/mol. The number of carbonyl (C=O) groups excluding carboxylic acids is 1. The van der Waals surface area contributed by atoms with Gasteiger partial charge in [-0.25, -0.2) is 0 Å². The number of likely N-dealkylation sites (tertiary alicyclic amines) is 1. The first-order valence-electron chi connectivity index (χ1n) is 5.91. The van der Waals surface area contributed by atoms with E-state index in [2.05, 4.69) is 0 Å². The summed E-state index contributed by atoms with van der Waals surface area (Å²) < 4.78 is 0. The van der Waals surface area contributed by atoms with E-state index in [0.29, 0.717) is 0 Å². The standard InChI is InChI=1S/C13H17ClN2O.ClH/c1-9(15)13(17)16-8-4-7-12(16)10-5-2-3-6-11(10)14;/h2-3,5-6,9,12H,4,7-8,15H2,1H3;1H/t9-,12?;/m0./s1. The number of benzene rings is 1. The van der Waals surface area contributed by atoms with Crippen LogP contribution in [0.3, 0.4) is 0 Å². The van der Waals surface area contributed by atoms with Crippen LogP contribution in [0.4, 0.5) is 0 Å². The van der Waals surface area contributed by atoms with Gasteiger partial charge in [0.25, 0.3) is 0 Å². The van der Waals surface area contributed by atoms with Crippen LogP contribution in [0.5, 0.6) is 0 Å². The molecule has 0 bridgehead atoms. The Bertz CT molecular complexity index is 423. The highest BCUT2D eigenvalue weighted by Gasteiger charge is 2.32. The van der Waals surface area contributed by atoms with Gasteiger partial charge >= 0.3 is 0 Å². The lowest BCUT2D eigenvalue weighted by Gasteiger charge is -2.27. The minimum Gasteiger partial charge on any atom is -0.334 e. The van der Waals surface area contributed by atoms with Crippen LogP contribution in [0.2, 0.25) is 5.02 Å². The summed E-state index contributed by atoms with van der Waals surface area (Å²) >= 11 is 6.18. The first kappa shape index (κ1) is 15.3. The molecule has 1 aromatic carbocycles. The van der Waals surface area contributed by atoms with Gasteiger partial charge in [-0.1, -0.05) is 29.8 Å². The summed E-state index contributed by atoms with van der Waals surface area (Å²) in [5.74, 6) is 0.00687. The summed E-state index contributed by atoms with van der Waals surface area (Å²) in [7, 11) is 0.